The minimum atomic E-state index is -0.434. The second-order valence-electron chi connectivity index (χ2n) is 5.69. The van der Waals surface area contributed by atoms with E-state index in [1.54, 1.807) is 0 Å². The van der Waals surface area contributed by atoms with E-state index >= 15 is 0 Å². The highest BCUT2D eigenvalue weighted by molar-refractivity contribution is 7.99. The molecule has 0 aromatic heterocycles. The first-order valence-corrected chi connectivity index (χ1v) is 9.23. The molecule has 5 heteroatoms. The Hall–Kier alpha value is -0.750. The number of thioether (sulfide) groups is 1. The summed E-state index contributed by atoms with van der Waals surface area (Å²) >= 11 is 1.88. The third-order valence-corrected chi connectivity index (χ3v) is 4.81. The van der Waals surface area contributed by atoms with E-state index in [1.165, 1.54) is 23.5 Å². The van der Waals surface area contributed by atoms with Crippen LogP contribution in [0.4, 0.5) is 0 Å². The lowest BCUT2D eigenvalue weighted by atomic mass is 10.3. The largest absolute Gasteiger partial charge is 0.491 e. The molecule has 0 aliphatic carbocycles. The number of hydrogen-bond acceptors (Lipinski definition) is 5. The van der Waals surface area contributed by atoms with E-state index in [0.29, 0.717) is 13.2 Å². The smallest absolute Gasteiger partial charge is 0.119 e. The van der Waals surface area contributed by atoms with E-state index in [1.807, 2.05) is 23.9 Å². The van der Waals surface area contributed by atoms with Crippen LogP contribution in [0.15, 0.2) is 29.2 Å². The molecular weight excluding hydrogens is 296 g/mol. The molecule has 1 fully saturated rings. The van der Waals surface area contributed by atoms with Crippen LogP contribution in [0, 0.1) is 0 Å². The number of piperazine rings is 1. The van der Waals surface area contributed by atoms with E-state index < -0.39 is 6.10 Å². The second-order valence-corrected chi connectivity index (χ2v) is 6.86. The van der Waals surface area contributed by atoms with Gasteiger partial charge in [0, 0.05) is 37.6 Å². The molecule has 22 heavy (non-hydrogen) atoms. The Morgan fingerprint density at radius 3 is 2.68 bits per heavy atom. The van der Waals surface area contributed by atoms with Gasteiger partial charge < -0.3 is 15.2 Å². The number of rotatable bonds is 9. The summed E-state index contributed by atoms with van der Waals surface area (Å²) in [5, 5.41) is 13.4. The summed E-state index contributed by atoms with van der Waals surface area (Å²) in [6, 6.07) is 8.17. The van der Waals surface area contributed by atoms with Crippen molar-refractivity contribution in [3.8, 4) is 5.75 Å². The van der Waals surface area contributed by atoms with Gasteiger partial charge in [0.15, 0.2) is 0 Å². The number of ether oxygens (including phenoxy) is 1. The summed E-state index contributed by atoms with van der Waals surface area (Å²) < 4.78 is 5.69. The van der Waals surface area contributed by atoms with Crippen LogP contribution in [0.2, 0.25) is 0 Å². The van der Waals surface area contributed by atoms with E-state index in [-0.39, 0.29) is 0 Å². The summed E-state index contributed by atoms with van der Waals surface area (Å²) in [4.78, 5) is 3.56. The Kier molecular flexibility index (Phi) is 8.08. The molecular formula is C17H28N2O2S. The first-order valence-electron chi connectivity index (χ1n) is 8.24. The number of aliphatic hydroxyl groups is 1. The molecule has 1 atom stereocenters. The lowest BCUT2D eigenvalue weighted by Gasteiger charge is -2.29. The number of β-amino-alcohol motifs (C(OH)–C–C–N with tert-alkyl or cyclic N) is 1. The van der Waals surface area contributed by atoms with Crippen molar-refractivity contribution < 1.29 is 9.84 Å². The Morgan fingerprint density at radius 2 is 2.00 bits per heavy atom. The van der Waals surface area contributed by atoms with Crippen LogP contribution < -0.4 is 10.1 Å². The van der Waals surface area contributed by atoms with Crippen LogP contribution in [-0.4, -0.2) is 61.2 Å². The minimum absolute atomic E-state index is 0.353. The molecule has 1 aromatic carbocycles. The Labute approximate surface area is 138 Å². The molecule has 1 unspecified atom stereocenters. The van der Waals surface area contributed by atoms with Crippen molar-refractivity contribution in [2.75, 3.05) is 45.1 Å². The van der Waals surface area contributed by atoms with Gasteiger partial charge in [0.2, 0.25) is 0 Å². The lowest BCUT2D eigenvalue weighted by Crippen LogP contribution is -2.47. The molecule has 1 saturated heterocycles. The Bertz CT molecular complexity index is 408. The first kappa shape index (κ1) is 17.6. The molecule has 2 rings (SSSR count). The lowest BCUT2D eigenvalue weighted by molar-refractivity contribution is 0.0641. The fraction of sp³-hybridized carbons (Fsp3) is 0.647. The van der Waals surface area contributed by atoms with Gasteiger partial charge in [-0.3, -0.25) is 4.90 Å². The van der Waals surface area contributed by atoms with Gasteiger partial charge in [-0.05, 0) is 36.4 Å². The van der Waals surface area contributed by atoms with Gasteiger partial charge in [-0.25, -0.2) is 0 Å². The highest BCUT2D eigenvalue weighted by atomic mass is 32.2. The fourth-order valence-electron chi connectivity index (χ4n) is 2.40. The highest BCUT2D eigenvalue weighted by Crippen LogP contribution is 2.22. The Balaban J connectivity index is 1.67. The normalized spacial score (nSPS) is 17.4. The third-order valence-electron chi connectivity index (χ3n) is 3.71. The average molecular weight is 324 g/mol. The average Bonchev–Trinajstić information content (AvgIpc) is 2.55. The third kappa shape index (κ3) is 6.57. The van der Waals surface area contributed by atoms with Crippen LogP contribution in [0.5, 0.6) is 5.75 Å². The van der Waals surface area contributed by atoms with Crippen LogP contribution in [-0.2, 0) is 0 Å². The molecule has 1 aromatic rings. The molecule has 0 radical (unpaired) electrons. The fourth-order valence-corrected chi connectivity index (χ4v) is 3.40. The number of hydrogen-bond donors (Lipinski definition) is 2. The molecule has 1 aliphatic rings. The van der Waals surface area contributed by atoms with Gasteiger partial charge in [-0.1, -0.05) is 13.3 Å². The van der Waals surface area contributed by atoms with E-state index in [4.69, 9.17) is 4.74 Å². The number of nitrogens with one attached hydrogen (secondary N) is 1. The predicted molar refractivity (Wildman–Crippen MR) is 92.9 cm³/mol. The van der Waals surface area contributed by atoms with Crippen LogP contribution in [0.25, 0.3) is 0 Å². The standard InChI is InChI=1S/C17H28N2O2S/c1-2-3-12-22-17-6-4-16(5-7-17)21-14-15(20)13-19-10-8-18-9-11-19/h4-7,15,18,20H,2-3,8-14H2,1H3. The number of benzene rings is 1. The molecule has 2 N–H and O–H groups in total. The van der Waals surface area contributed by atoms with Crippen molar-refractivity contribution in [2.45, 2.75) is 30.8 Å². The van der Waals surface area contributed by atoms with Gasteiger partial charge in [-0.15, -0.1) is 11.8 Å². The summed E-state index contributed by atoms with van der Waals surface area (Å²) in [6.07, 6.45) is 2.05. The number of unbranched alkanes of at least 4 members (excludes halogenated alkanes) is 1. The molecule has 0 saturated carbocycles. The zero-order valence-corrected chi connectivity index (χ0v) is 14.3. The van der Waals surface area contributed by atoms with Crippen LogP contribution in [0.1, 0.15) is 19.8 Å². The van der Waals surface area contributed by atoms with Gasteiger partial charge >= 0.3 is 0 Å². The summed E-state index contributed by atoms with van der Waals surface area (Å²) in [6.45, 7) is 7.26. The maximum Gasteiger partial charge on any atom is 0.119 e. The molecule has 124 valence electrons. The zero-order chi connectivity index (χ0) is 15.6. The van der Waals surface area contributed by atoms with Gasteiger partial charge in [0.05, 0.1) is 0 Å². The van der Waals surface area contributed by atoms with Crippen LogP contribution in [0.3, 0.4) is 0 Å². The van der Waals surface area contributed by atoms with Crippen molar-refractivity contribution in [3.63, 3.8) is 0 Å². The maximum absolute atomic E-state index is 10.1. The molecule has 0 bridgehead atoms. The van der Waals surface area contributed by atoms with E-state index in [2.05, 4.69) is 29.3 Å². The molecule has 1 aliphatic heterocycles. The van der Waals surface area contributed by atoms with Crippen molar-refractivity contribution in [1.82, 2.24) is 10.2 Å². The zero-order valence-electron chi connectivity index (χ0n) is 13.5. The highest BCUT2D eigenvalue weighted by Gasteiger charge is 2.14. The topological polar surface area (TPSA) is 44.7 Å². The van der Waals surface area contributed by atoms with Gasteiger partial charge in [0.1, 0.15) is 18.5 Å². The molecule has 4 nitrogen and oxygen atoms in total. The van der Waals surface area contributed by atoms with Crippen molar-refractivity contribution in [3.05, 3.63) is 24.3 Å². The molecule has 1 heterocycles. The van der Waals surface area contributed by atoms with Gasteiger partial charge in [-0.2, -0.15) is 0 Å². The quantitative estimate of drug-likeness (QED) is 0.539. The maximum atomic E-state index is 10.1. The van der Waals surface area contributed by atoms with Gasteiger partial charge in [0.25, 0.3) is 0 Å². The van der Waals surface area contributed by atoms with Crippen molar-refractivity contribution in [2.24, 2.45) is 0 Å². The summed E-state index contributed by atoms with van der Waals surface area (Å²) in [7, 11) is 0. The summed E-state index contributed by atoms with van der Waals surface area (Å²) in [5.41, 5.74) is 0. The predicted octanol–water partition coefficient (Wildman–Crippen LogP) is 2.22. The van der Waals surface area contributed by atoms with Crippen LogP contribution >= 0.6 is 11.8 Å². The Morgan fingerprint density at radius 1 is 1.27 bits per heavy atom. The monoisotopic (exact) mass is 324 g/mol. The SMILES string of the molecule is CCCCSc1ccc(OCC(O)CN2CCNCC2)cc1. The second kappa shape index (κ2) is 10.1. The number of nitrogens with zero attached hydrogens (tertiary/aromatic N) is 1. The minimum Gasteiger partial charge on any atom is -0.491 e. The van der Waals surface area contributed by atoms with E-state index in [0.717, 1.165) is 31.9 Å². The summed E-state index contributed by atoms with van der Waals surface area (Å²) in [5.74, 6) is 2.00. The van der Waals surface area contributed by atoms with Crippen molar-refractivity contribution in [1.29, 1.82) is 0 Å². The number of aliphatic hydroxyl groups excluding tert-OH is 1. The molecule has 0 spiro atoms. The van der Waals surface area contributed by atoms with Crippen molar-refractivity contribution >= 4 is 11.8 Å². The van der Waals surface area contributed by atoms with E-state index in [9.17, 15) is 5.11 Å². The molecule has 0 amide bonds. The first-order chi connectivity index (χ1) is 10.8.